The van der Waals surface area contributed by atoms with Crippen molar-refractivity contribution in [2.24, 2.45) is 0 Å². The summed E-state index contributed by atoms with van der Waals surface area (Å²) in [5.74, 6) is 1.95. The normalized spacial score (nSPS) is 14.5. The fraction of sp³-hybridized carbons (Fsp3) is 0.600. The molecular formula is C10H14O2S. The number of hydrogen-bond donors (Lipinski definition) is 0. The number of aryl methyl sites for hydroxylation is 1. The van der Waals surface area contributed by atoms with Gasteiger partial charge in [-0.1, -0.05) is 13.3 Å². The first-order valence-corrected chi connectivity index (χ1v) is 5.65. The summed E-state index contributed by atoms with van der Waals surface area (Å²) in [6.07, 6.45) is 3.59. The monoisotopic (exact) mass is 198 g/mol. The van der Waals surface area contributed by atoms with E-state index in [2.05, 4.69) is 12.3 Å². The molecule has 0 fully saturated rings. The second kappa shape index (κ2) is 4.01. The van der Waals surface area contributed by atoms with Crippen LogP contribution in [0.1, 0.15) is 24.6 Å². The van der Waals surface area contributed by atoms with Crippen LogP contribution in [0, 0.1) is 0 Å². The summed E-state index contributed by atoms with van der Waals surface area (Å²) < 4.78 is 11.0. The molecule has 0 aromatic carbocycles. The third kappa shape index (κ3) is 1.80. The van der Waals surface area contributed by atoms with Gasteiger partial charge < -0.3 is 9.47 Å². The minimum Gasteiger partial charge on any atom is -0.485 e. The molecule has 0 spiro atoms. The van der Waals surface area contributed by atoms with E-state index < -0.39 is 0 Å². The van der Waals surface area contributed by atoms with Gasteiger partial charge in [0.1, 0.15) is 13.2 Å². The third-order valence-corrected chi connectivity index (χ3v) is 3.14. The zero-order valence-electron chi connectivity index (χ0n) is 7.84. The van der Waals surface area contributed by atoms with E-state index in [1.165, 1.54) is 17.7 Å². The average Bonchev–Trinajstić information content (AvgIpc) is 2.58. The molecule has 2 heterocycles. The molecule has 1 aromatic heterocycles. The van der Waals surface area contributed by atoms with Gasteiger partial charge in [-0.15, -0.1) is 11.3 Å². The summed E-state index contributed by atoms with van der Waals surface area (Å²) in [5.41, 5.74) is 0. The van der Waals surface area contributed by atoms with E-state index in [1.54, 1.807) is 11.3 Å². The Bertz CT molecular complexity index is 280. The van der Waals surface area contributed by atoms with Crippen LogP contribution in [0.15, 0.2) is 5.38 Å². The molecule has 0 N–H and O–H groups in total. The maximum atomic E-state index is 5.58. The second-order valence-corrected chi connectivity index (χ2v) is 4.12. The summed E-state index contributed by atoms with van der Waals surface area (Å²) in [7, 11) is 0. The molecule has 3 heteroatoms. The van der Waals surface area contributed by atoms with Crippen LogP contribution in [0.25, 0.3) is 0 Å². The first kappa shape index (κ1) is 8.88. The van der Waals surface area contributed by atoms with E-state index in [1.807, 2.05) is 0 Å². The second-order valence-electron chi connectivity index (χ2n) is 3.15. The molecule has 2 nitrogen and oxygen atoms in total. The maximum absolute atomic E-state index is 5.58. The lowest BCUT2D eigenvalue weighted by Crippen LogP contribution is -2.14. The Morgan fingerprint density at radius 1 is 1.38 bits per heavy atom. The summed E-state index contributed by atoms with van der Waals surface area (Å²) in [5, 5.41) is 2.06. The highest BCUT2D eigenvalue weighted by atomic mass is 32.1. The van der Waals surface area contributed by atoms with Gasteiger partial charge >= 0.3 is 0 Å². The summed E-state index contributed by atoms with van der Waals surface area (Å²) in [6.45, 7) is 3.59. The zero-order chi connectivity index (χ0) is 9.10. The fourth-order valence-corrected chi connectivity index (χ4v) is 2.38. The molecule has 0 atom stereocenters. The van der Waals surface area contributed by atoms with Crippen LogP contribution < -0.4 is 9.47 Å². The average molecular weight is 198 g/mol. The molecule has 72 valence electrons. The molecule has 1 aromatic rings. The molecule has 0 radical (unpaired) electrons. The van der Waals surface area contributed by atoms with Crippen LogP contribution in [0.2, 0.25) is 0 Å². The van der Waals surface area contributed by atoms with Gasteiger partial charge in [0.25, 0.3) is 0 Å². The Kier molecular flexibility index (Phi) is 2.74. The van der Waals surface area contributed by atoms with E-state index in [-0.39, 0.29) is 0 Å². The van der Waals surface area contributed by atoms with Gasteiger partial charge in [0.15, 0.2) is 11.5 Å². The Morgan fingerprint density at radius 3 is 3.08 bits per heavy atom. The fourth-order valence-electron chi connectivity index (χ4n) is 1.43. The van der Waals surface area contributed by atoms with Crippen molar-refractivity contribution in [1.29, 1.82) is 0 Å². The summed E-state index contributed by atoms with van der Waals surface area (Å²) in [6, 6.07) is 0. The Balaban J connectivity index is 2.12. The van der Waals surface area contributed by atoms with Crippen LogP contribution >= 0.6 is 11.3 Å². The first-order valence-electron chi connectivity index (χ1n) is 4.77. The Hall–Kier alpha value is -0.700. The van der Waals surface area contributed by atoms with Crippen molar-refractivity contribution in [1.82, 2.24) is 0 Å². The van der Waals surface area contributed by atoms with Crippen LogP contribution in [-0.2, 0) is 6.42 Å². The van der Waals surface area contributed by atoms with Crippen molar-refractivity contribution in [3.63, 3.8) is 0 Å². The van der Waals surface area contributed by atoms with Crippen LogP contribution in [0.3, 0.4) is 0 Å². The van der Waals surface area contributed by atoms with E-state index in [9.17, 15) is 0 Å². The molecule has 13 heavy (non-hydrogen) atoms. The van der Waals surface area contributed by atoms with Gasteiger partial charge in [-0.3, -0.25) is 0 Å². The lowest BCUT2D eigenvalue weighted by atomic mass is 10.2. The predicted molar refractivity (Wildman–Crippen MR) is 53.9 cm³/mol. The highest BCUT2D eigenvalue weighted by Gasteiger charge is 2.17. The minimum absolute atomic E-state index is 0.691. The van der Waals surface area contributed by atoms with Crippen LogP contribution in [-0.4, -0.2) is 13.2 Å². The van der Waals surface area contributed by atoms with Crippen molar-refractivity contribution in [2.75, 3.05) is 13.2 Å². The van der Waals surface area contributed by atoms with Crippen LogP contribution in [0.4, 0.5) is 0 Å². The maximum Gasteiger partial charge on any atom is 0.175 e. The van der Waals surface area contributed by atoms with Gasteiger partial charge in [-0.25, -0.2) is 0 Å². The van der Waals surface area contributed by atoms with Crippen molar-refractivity contribution in [3.05, 3.63) is 10.3 Å². The molecule has 1 aliphatic heterocycles. The minimum atomic E-state index is 0.691. The van der Waals surface area contributed by atoms with Crippen molar-refractivity contribution in [3.8, 4) is 11.5 Å². The highest BCUT2D eigenvalue weighted by Crippen LogP contribution is 2.39. The SMILES string of the molecule is CCCCc1scc2c1OCCO2. The molecule has 1 aliphatic rings. The largest absolute Gasteiger partial charge is 0.485 e. The van der Waals surface area contributed by atoms with Gasteiger partial charge in [0.05, 0.1) is 4.88 Å². The number of fused-ring (bicyclic) bond motifs is 1. The van der Waals surface area contributed by atoms with Gasteiger partial charge in [0, 0.05) is 5.38 Å². The summed E-state index contributed by atoms with van der Waals surface area (Å²) in [4.78, 5) is 1.34. The number of thiophene rings is 1. The number of ether oxygens (including phenoxy) is 2. The molecular weight excluding hydrogens is 184 g/mol. The third-order valence-electron chi connectivity index (χ3n) is 2.13. The highest BCUT2D eigenvalue weighted by molar-refractivity contribution is 7.10. The van der Waals surface area contributed by atoms with E-state index in [0.29, 0.717) is 13.2 Å². The van der Waals surface area contributed by atoms with Gasteiger partial charge in [-0.05, 0) is 12.8 Å². The first-order chi connectivity index (χ1) is 6.42. The standard InChI is InChI=1S/C10H14O2S/c1-2-3-4-9-10-8(7-13-9)11-5-6-12-10/h7H,2-6H2,1H3. The predicted octanol–water partition coefficient (Wildman–Crippen LogP) is 2.86. The van der Waals surface area contributed by atoms with E-state index >= 15 is 0 Å². The van der Waals surface area contributed by atoms with Crippen molar-refractivity contribution in [2.45, 2.75) is 26.2 Å². The molecule has 0 unspecified atom stereocenters. The number of unbranched alkanes of at least 4 members (excludes halogenated alkanes) is 1. The van der Waals surface area contributed by atoms with Gasteiger partial charge in [0.2, 0.25) is 0 Å². The summed E-state index contributed by atoms with van der Waals surface area (Å²) >= 11 is 1.76. The molecule has 0 aliphatic carbocycles. The Labute approximate surface area is 82.5 Å². The van der Waals surface area contributed by atoms with Crippen LogP contribution in [0.5, 0.6) is 11.5 Å². The van der Waals surface area contributed by atoms with Crippen molar-refractivity contribution < 1.29 is 9.47 Å². The smallest absolute Gasteiger partial charge is 0.175 e. The van der Waals surface area contributed by atoms with Crippen molar-refractivity contribution >= 4 is 11.3 Å². The van der Waals surface area contributed by atoms with E-state index in [0.717, 1.165) is 17.9 Å². The molecule has 2 rings (SSSR count). The molecule has 0 saturated carbocycles. The molecule has 0 saturated heterocycles. The molecule has 0 amide bonds. The molecule has 0 bridgehead atoms. The lowest BCUT2D eigenvalue weighted by Gasteiger charge is -2.15. The zero-order valence-corrected chi connectivity index (χ0v) is 8.65. The number of hydrogen-bond acceptors (Lipinski definition) is 3. The Morgan fingerprint density at radius 2 is 2.23 bits per heavy atom. The quantitative estimate of drug-likeness (QED) is 0.743. The van der Waals surface area contributed by atoms with Gasteiger partial charge in [-0.2, -0.15) is 0 Å². The number of rotatable bonds is 3. The van der Waals surface area contributed by atoms with E-state index in [4.69, 9.17) is 9.47 Å². The topological polar surface area (TPSA) is 18.5 Å². The lowest BCUT2D eigenvalue weighted by molar-refractivity contribution is 0.172.